The van der Waals surface area contributed by atoms with E-state index in [2.05, 4.69) is 5.09 Å². The molecule has 1 unspecified atom stereocenters. The highest BCUT2D eigenvalue weighted by Gasteiger charge is 2.30. The number of hydroxylamine groups is 2. The molecule has 164 valence electrons. The minimum absolute atomic E-state index is 0.0267. The van der Waals surface area contributed by atoms with E-state index in [0.29, 0.717) is 11.3 Å². The fraction of sp³-hybridized carbons (Fsp3) is 0.556. The number of carbonyl (C=O) groups excluding carboxylic acids is 2. The topological polar surface area (TPSA) is 113 Å². The van der Waals surface area contributed by atoms with Gasteiger partial charge in [0.15, 0.2) is 0 Å². The van der Waals surface area contributed by atoms with Gasteiger partial charge in [-0.2, -0.15) is 5.06 Å². The number of benzene rings is 1. The van der Waals surface area contributed by atoms with Gasteiger partial charge in [0.1, 0.15) is 24.7 Å². The van der Waals surface area contributed by atoms with E-state index in [1.54, 1.807) is 38.1 Å². The van der Waals surface area contributed by atoms with Crippen molar-refractivity contribution in [1.82, 2.24) is 10.2 Å². The van der Waals surface area contributed by atoms with Crippen molar-refractivity contribution < 1.29 is 37.7 Å². The van der Waals surface area contributed by atoms with Crippen molar-refractivity contribution in [3.8, 4) is 5.75 Å². The molecule has 0 aliphatic heterocycles. The molecule has 0 aromatic heterocycles. The molecule has 0 saturated carbocycles. The van der Waals surface area contributed by atoms with E-state index in [1.807, 2.05) is 0 Å². The number of methoxy groups -OCH3 is 1. The van der Waals surface area contributed by atoms with Crippen LogP contribution in [0.3, 0.4) is 0 Å². The molecule has 11 heteroatoms. The molecule has 0 saturated heterocycles. The van der Waals surface area contributed by atoms with E-state index in [1.165, 1.54) is 28.2 Å². The van der Waals surface area contributed by atoms with Gasteiger partial charge in [-0.25, -0.2) is 9.88 Å². The molecule has 2 atom stereocenters. The van der Waals surface area contributed by atoms with E-state index in [-0.39, 0.29) is 19.1 Å². The maximum Gasteiger partial charge on any atom is 0.433 e. The summed E-state index contributed by atoms with van der Waals surface area (Å²) in [6.07, 6.45) is -1.17. The molecule has 29 heavy (non-hydrogen) atoms. The second-order valence-electron chi connectivity index (χ2n) is 6.40. The van der Waals surface area contributed by atoms with Gasteiger partial charge >= 0.3 is 19.6 Å². The van der Waals surface area contributed by atoms with E-state index in [9.17, 15) is 14.2 Å². The van der Waals surface area contributed by atoms with Crippen LogP contribution in [0.4, 0.5) is 4.79 Å². The number of rotatable bonds is 11. The fourth-order valence-corrected chi connectivity index (χ4v) is 3.75. The van der Waals surface area contributed by atoms with E-state index in [0.717, 1.165) is 5.06 Å². The summed E-state index contributed by atoms with van der Waals surface area (Å²) in [6, 6.07) is 5.61. The highest BCUT2D eigenvalue weighted by atomic mass is 31.2. The second-order valence-corrected chi connectivity index (χ2v) is 8.44. The van der Waals surface area contributed by atoms with Crippen LogP contribution in [0.25, 0.3) is 0 Å². The van der Waals surface area contributed by atoms with Crippen LogP contribution in [0.2, 0.25) is 0 Å². The zero-order valence-corrected chi connectivity index (χ0v) is 18.4. The molecule has 0 aliphatic rings. The number of ether oxygens (including phenoxy) is 3. The van der Waals surface area contributed by atoms with E-state index in [4.69, 9.17) is 23.6 Å². The van der Waals surface area contributed by atoms with Crippen molar-refractivity contribution in [3.63, 3.8) is 0 Å². The van der Waals surface area contributed by atoms with Crippen LogP contribution < -0.4 is 9.61 Å². The Morgan fingerprint density at radius 1 is 1.14 bits per heavy atom. The Kier molecular flexibility index (Phi) is 10.1. The van der Waals surface area contributed by atoms with Gasteiger partial charge in [-0.15, -0.1) is 0 Å². The van der Waals surface area contributed by atoms with Gasteiger partial charge in [0.25, 0.3) is 0 Å². The molecule has 1 N–H and O–H groups in total. The molecule has 0 heterocycles. The number of amides is 1. The maximum atomic E-state index is 13.0. The lowest BCUT2D eigenvalue weighted by Crippen LogP contribution is -2.36. The summed E-state index contributed by atoms with van der Waals surface area (Å²) in [5.41, 5.74) is 0.693. The first-order valence-corrected chi connectivity index (χ1v) is 10.7. The summed E-state index contributed by atoms with van der Waals surface area (Å²) < 4.78 is 33.8. The lowest BCUT2D eigenvalue weighted by Gasteiger charge is -2.23. The summed E-state index contributed by atoms with van der Waals surface area (Å²) >= 11 is 0. The van der Waals surface area contributed by atoms with Crippen LogP contribution in [0.1, 0.15) is 26.3 Å². The van der Waals surface area contributed by atoms with Gasteiger partial charge in [0.2, 0.25) is 0 Å². The van der Waals surface area contributed by atoms with Crippen molar-refractivity contribution in [2.75, 3.05) is 27.6 Å². The van der Waals surface area contributed by atoms with Crippen LogP contribution in [-0.2, 0) is 35.0 Å². The molecule has 1 aromatic rings. The molecule has 1 amide bonds. The smallest absolute Gasteiger partial charge is 0.433 e. The lowest BCUT2D eigenvalue weighted by molar-refractivity contribution is -0.149. The summed E-state index contributed by atoms with van der Waals surface area (Å²) in [5.74, 6) is -0.246. The Bertz CT molecular complexity index is 710. The Labute approximate surface area is 170 Å². The van der Waals surface area contributed by atoms with Gasteiger partial charge in [-0.3, -0.25) is 14.2 Å². The lowest BCUT2D eigenvalue weighted by atomic mass is 10.2. The summed E-state index contributed by atoms with van der Waals surface area (Å²) in [5, 5.41) is 3.62. The first-order chi connectivity index (χ1) is 13.6. The van der Waals surface area contributed by atoms with Crippen molar-refractivity contribution in [3.05, 3.63) is 29.8 Å². The molecule has 0 bridgehead atoms. The summed E-state index contributed by atoms with van der Waals surface area (Å²) in [4.78, 5) is 28.3. The Balaban J connectivity index is 2.74. The average Bonchev–Trinajstić information content (AvgIpc) is 2.65. The fourth-order valence-electron chi connectivity index (χ4n) is 2.07. The molecule has 10 nitrogen and oxygen atoms in total. The molecule has 1 rings (SSSR count). The van der Waals surface area contributed by atoms with Gasteiger partial charge in [-0.05, 0) is 38.5 Å². The monoisotopic (exact) mass is 432 g/mol. The number of nitrogens with zero attached hydrogens (tertiary/aromatic N) is 1. The molecule has 1 aromatic carbocycles. The first kappa shape index (κ1) is 24.9. The molecular formula is C18H29N2O8P. The van der Waals surface area contributed by atoms with Crippen LogP contribution in [0, 0.1) is 0 Å². The van der Waals surface area contributed by atoms with Crippen molar-refractivity contribution in [2.45, 2.75) is 39.5 Å². The van der Waals surface area contributed by atoms with Crippen LogP contribution in [0.5, 0.6) is 5.75 Å². The third kappa shape index (κ3) is 8.82. The molecular weight excluding hydrogens is 403 g/mol. The Hall–Kier alpha value is -2.13. The van der Waals surface area contributed by atoms with Crippen molar-refractivity contribution in [2.24, 2.45) is 0 Å². The van der Waals surface area contributed by atoms with Crippen molar-refractivity contribution in [1.29, 1.82) is 0 Å². The minimum Gasteiger partial charge on any atom is -0.462 e. The molecule has 0 radical (unpaired) electrons. The highest BCUT2D eigenvalue weighted by molar-refractivity contribution is 7.57. The zero-order chi connectivity index (χ0) is 22.0. The molecule has 0 fully saturated rings. The molecule has 0 spiro atoms. The highest BCUT2D eigenvalue weighted by Crippen LogP contribution is 2.43. The van der Waals surface area contributed by atoms with E-state index < -0.39 is 25.6 Å². The van der Waals surface area contributed by atoms with Gasteiger partial charge in [0.05, 0.1) is 13.2 Å². The minimum atomic E-state index is -3.54. The van der Waals surface area contributed by atoms with Crippen LogP contribution in [0.15, 0.2) is 24.3 Å². The maximum absolute atomic E-state index is 13.0. The number of esters is 1. The summed E-state index contributed by atoms with van der Waals surface area (Å²) in [6.45, 7) is 5.01. The Morgan fingerprint density at radius 2 is 1.76 bits per heavy atom. The quantitative estimate of drug-likeness (QED) is 0.320. The van der Waals surface area contributed by atoms with Gasteiger partial charge in [0, 0.05) is 14.2 Å². The van der Waals surface area contributed by atoms with Gasteiger partial charge < -0.3 is 18.7 Å². The third-order valence-corrected chi connectivity index (χ3v) is 5.35. The summed E-state index contributed by atoms with van der Waals surface area (Å²) in [7, 11) is 0.617. The Morgan fingerprint density at radius 3 is 2.28 bits per heavy atom. The SMILES string of the molecule is COCP(=O)(N[C@@H](C)C(=O)OC(C)C)Oc1ccc(COC(=O)N(C)OC)cc1. The first-order valence-electron chi connectivity index (χ1n) is 8.89. The average molecular weight is 432 g/mol. The van der Waals surface area contributed by atoms with Crippen molar-refractivity contribution >= 4 is 19.6 Å². The zero-order valence-electron chi connectivity index (χ0n) is 17.5. The molecule has 0 aliphatic carbocycles. The predicted octanol–water partition coefficient (Wildman–Crippen LogP) is 2.92. The normalized spacial score (nSPS) is 14.0. The standard InChI is InChI=1S/C18H29N2O8P/c1-13(2)27-17(21)14(3)19-29(23,12-24-5)28-16-9-7-15(8-10-16)11-26-18(22)20(4)25-6/h7-10,13-14H,11-12H2,1-6H3,(H,19,23)/t14-,29?/m0/s1. The number of hydrogen-bond donors (Lipinski definition) is 1. The number of hydrogen-bond acceptors (Lipinski definition) is 8. The number of carbonyl (C=O) groups is 2. The van der Waals surface area contributed by atoms with Crippen LogP contribution in [-0.4, -0.2) is 56.9 Å². The largest absolute Gasteiger partial charge is 0.462 e. The van der Waals surface area contributed by atoms with E-state index >= 15 is 0 Å². The number of nitrogens with one attached hydrogen (secondary N) is 1. The third-order valence-electron chi connectivity index (χ3n) is 3.46. The predicted molar refractivity (Wildman–Crippen MR) is 105 cm³/mol. The second kappa shape index (κ2) is 11.8. The van der Waals surface area contributed by atoms with Crippen LogP contribution >= 0.6 is 7.52 Å². The van der Waals surface area contributed by atoms with Gasteiger partial charge in [-0.1, -0.05) is 12.1 Å².